The lowest BCUT2D eigenvalue weighted by Crippen LogP contribution is -2.18. The van der Waals surface area contributed by atoms with Gasteiger partial charge in [0.2, 0.25) is 5.89 Å². The van der Waals surface area contributed by atoms with Crippen LogP contribution in [0.5, 0.6) is 0 Å². The van der Waals surface area contributed by atoms with Crippen molar-refractivity contribution in [3.05, 3.63) is 11.7 Å². The largest absolute Gasteiger partial charge is 0.375 e. The minimum absolute atomic E-state index is 0.0109. The number of nitrogens with one attached hydrogen (secondary N) is 1. The van der Waals surface area contributed by atoms with Crippen molar-refractivity contribution < 1.29 is 18.0 Å². The van der Waals surface area contributed by atoms with Crippen LogP contribution in [-0.4, -0.2) is 36.3 Å². The van der Waals surface area contributed by atoms with Crippen LogP contribution in [0.2, 0.25) is 0 Å². The summed E-state index contributed by atoms with van der Waals surface area (Å²) in [6.45, 7) is 4.30. The van der Waals surface area contributed by atoms with Gasteiger partial charge in [0.05, 0.1) is 12.6 Å². The SMILES string of the molecule is CCNC(C)c1nc(CCOCC(F)F)no1. The van der Waals surface area contributed by atoms with Crippen molar-refractivity contribution in [2.45, 2.75) is 32.7 Å². The van der Waals surface area contributed by atoms with E-state index in [0.29, 0.717) is 18.1 Å². The van der Waals surface area contributed by atoms with E-state index in [1.807, 2.05) is 13.8 Å². The van der Waals surface area contributed by atoms with E-state index in [2.05, 4.69) is 15.5 Å². The Hall–Kier alpha value is -1.08. The number of nitrogens with zero attached hydrogens (tertiary/aromatic N) is 2. The molecule has 0 radical (unpaired) electrons. The fourth-order valence-electron chi connectivity index (χ4n) is 1.27. The van der Waals surface area contributed by atoms with Gasteiger partial charge in [0.1, 0.15) is 6.61 Å². The molecule has 0 bridgehead atoms. The molecule has 0 saturated heterocycles. The van der Waals surface area contributed by atoms with E-state index in [0.717, 1.165) is 6.54 Å². The van der Waals surface area contributed by atoms with Crippen LogP contribution in [0, 0.1) is 0 Å². The molecule has 1 N–H and O–H groups in total. The van der Waals surface area contributed by atoms with Gasteiger partial charge >= 0.3 is 0 Å². The van der Waals surface area contributed by atoms with Gasteiger partial charge in [-0.2, -0.15) is 4.98 Å². The van der Waals surface area contributed by atoms with Crippen LogP contribution < -0.4 is 5.32 Å². The zero-order valence-corrected chi connectivity index (χ0v) is 9.95. The maximum Gasteiger partial charge on any atom is 0.261 e. The Morgan fingerprint density at radius 3 is 2.88 bits per heavy atom. The van der Waals surface area contributed by atoms with E-state index >= 15 is 0 Å². The van der Waals surface area contributed by atoms with Crippen LogP contribution in [0.4, 0.5) is 8.78 Å². The van der Waals surface area contributed by atoms with Crippen molar-refractivity contribution in [2.24, 2.45) is 0 Å². The van der Waals surface area contributed by atoms with Crippen molar-refractivity contribution in [3.63, 3.8) is 0 Å². The first-order valence-corrected chi connectivity index (χ1v) is 5.55. The third-order valence-electron chi connectivity index (χ3n) is 2.08. The molecule has 0 aromatic carbocycles. The minimum Gasteiger partial charge on any atom is -0.375 e. The Balaban J connectivity index is 2.30. The van der Waals surface area contributed by atoms with Crippen molar-refractivity contribution in [2.75, 3.05) is 19.8 Å². The lowest BCUT2D eigenvalue weighted by Gasteiger charge is -2.05. The Morgan fingerprint density at radius 2 is 2.24 bits per heavy atom. The third-order valence-corrected chi connectivity index (χ3v) is 2.08. The lowest BCUT2D eigenvalue weighted by molar-refractivity contribution is 0.0182. The highest BCUT2D eigenvalue weighted by Gasteiger charge is 2.12. The number of hydrogen-bond acceptors (Lipinski definition) is 5. The van der Waals surface area contributed by atoms with E-state index in [9.17, 15) is 8.78 Å². The average Bonchev–Trinajstić information content (AvgIpc) is 2.73. The zero-order valence-electron chi connectivity index (χ0n) is 9.95. The summed E-state index contributed by atoms with van der Waals surface area (Å²) in [5.74, 6) is 0.967. The van der Waals surface area contributed by atoms with Gasteiger partial charge in [0.25, 0.3) is 6.43 Å². The number of aromatic nitrogens is 2. The monoisotopic (exact) mass is 249 g/mol. The summed E-state index contributed by atoms with van der Waals surface area (Å²) in [7, 11) is 0. The summed E-state index contributed by atoms with van der Waals surface area (Å²) in [4.78, 5) is 4.14. The first-order valence-electron chi connectivity index (χ1n) is 5.55. The number of hydrogen-bond donors (Lipinski definition) is 1. The maximum atomic E-state index is 11.8. The Kier molecular flexibility index (Phi) is 5.99. The molecule has 7 heteroatoms. The molecule has 1 atom stereocenters. The van der Waals surface area contributed by atoms with Crippen molar-refractivity contribution in [3.8, 4) is 0 Å². The molecule has 0 saturated carbocycles. The first kappa shape index (κ1) is 14.0. The van der Waals surface area contributed by atoms with Crippen LogP contribution in [0.15, 0.2) is 4.52 Å². The summed E-state index contributed by atoms with van der Waals surface area (Å²) in [5.41, 5.74) is 0. The van der Waals surface area contributed by atoms with Crippen LogP contribution in [-0.2, 0) is 11.2 Å². The number of alkyl halides is 2. The molecule has 0 fully saturated rings. The van der Waals surface area contributed by atoms with E-state index in [1.165, 1.54) is 0 Å². The molecule has 1 unspecified atom stereocenters. The molecule has 98 valence electrons. The Morgan fingerprint density at radius 1 is 1.47 bits per heavy atom. The second kappa shape index (κ2) is 7.29. The fourth-order valence-corrected chi connectivity index (χ4v) is 1.27. The molecule has 0 spiro atoms. The summed E-state index contributed by atoms with van der Waals surface area (Å²) in [6.07, 6.45) is -2.07. The zero-order chi connectivity index (χ0) is 12.7. The van der Waals surface area contributed by atoms with E-state index in [-0.39, 0.29) is 12.6 Å². The van der Waals surface area contributed by atoms with Crippen LogP contribution in [0.3, 0.4) is 0 Å². The topological polar surface area (TPSA) is 60.2 Å². The van der Waals surface area contributed by atoms with E-state index < -0.39 is 13.0 Å². The number of rotatable bonds is 8. The predicted octanol–water partition coefficient (Wildman–Crippen LogP) is 1.56. The van der Waals surface area contributed by atoms with Gasteiger partial charge in [-0.15, -0.1) is 0 Å². The highest BCUT2D eigenvalue weighted by Crippen LogP contribution is 2.09. The first-order chi connectivity index (χ1) is 8.13. The molecular weight excluding hydrogens is 232 g/mol. The predicted molar refractivity (Wildman–Crippen MR) is 56.9 cm³/mol. The molecule has 1 heterocycles. The lowest BCUT2D eigenvalue weighted by atomic mass is 10.3. The summed E-state index contributed by atoms with van der Waals surface area (Å²) < 4.78 is 33.3. The average molecular weight is 249 g/mol. The minimum atomic E-state index is -2.44. The number of ether oxygens (including phenoxy) is 1. The van der Waals surface area contributed by atoms with Gasteiger partial charge in [-0.3, -0.25) is 0 Å². The highest BCUT2D eigenvalue weighted by atomic mass is 19.3. The molecule has 0 amide bonds. The normalized spacial score (nSPS) is 13.2. The smallest absolute Gasteiger partial charge is 0.261 e. The molecule has 1 aromatic heterocycles. The second-order valence-corrected chi connectivity index (χ2v) is 3.54. The van der Waals surface area contributed by atoms with Crippen molar-refractivity contribution in [1.29, 1.82) is 0 Å². The Labute approximate surface area is 98.5 Å². The summed E-state index contributed by atoms with van der Waals surface area (Å²) in [5, 5.41) is 6.87. The van der Waals surface area contributed by atoms with Gasteiger partial charge in [-0.25, -0.2) is 8.78 Å². The van der Waals surface area contributed by atoms with Crippen molar-refractivity contribution in [1.82, 2.24) is 15.5 Å². The van der Waals surface area contributed by atoms with E-state index in [1.54, 1.807) is 0 Å². The molecule has 0 aliphatic heterocycles. The fraction of sp³-hybridized carbons (Fsp3) is 0.800. The molecular formula is C10H17F2N3O2. The van der Waals surface area contributed by atoms with Gasteiger partial charge in [-0.05, 0) is 13.5 Å². The van der Waals surface area contributed by atoms with Gasteiger partial charge < -0.3 is 14.6 Å². The maximum absolute atomic E-state index is 11.8. The molecule has 1 aromatic rings. The van der Waals surface area contributed by atoms with E-state index in [4.69, 9.17) is 9.26 Å². The van der Waals surface area contributed by atoms with Gasteiger partial charge in [0, 0.05) is 6.42 Å². The second-order valence-electron chi connectivity index (χ2n) is 3.54. The quantitative estimate of drug-likeness (QED) is 0.708. The molecule has 1 rings (SSSR count). The Bertz CT molecular complexity index is 320. The van der Waals surface area contributed by atoms with Gasteiger partial charge in [0.15, 0.2) is 5.82 Å². The molecule has 5 nitrogen and oxygen atoms in total. The third kappa shape index (κ3) is 5.18. The van der Waals surface area contributed by atoms with Crippen LogP contribution >= 0.6 is 0 Å². The molecule has 0 aliphatic rings. The molecule has 17 heavy (non-hydrogen) atoms. The standard InChI is InChI=1S/C10H17F2N3O2/c1-3-13-7(2)10-14-9(15-17-10)4-5-16-6-8(11)12/h7-8,13H,3-6H2,1-2H3. The summed E-state index contributed by atoms with van der Waals surface area (Å²) >= 11 is 0. The summed E-state index contributed by atoms with van der Waals surface area (Å²) in [6, 6.07) is -0.0109. The van der Waals surface area contributed by atoms with Gasteiger partial charge in [-0.1, -0.05) is 12.1 Å². The van der Waals surface area contributed by atoms with Crippen molar-refractivity contribution >= 4 is 0 Å². The number of halogens is 2. The highest BCUT2D eigenvalue weighted by molar-refractivity contribution is 4.91. The molecule has 0 aliphatic carbocycles. The van der Waals surface area contributed by atoms with Crippen LogP contribution in [0.1, 0.15) is 31.6 Å². The van der Waals surface area contributed by atoms with Crippen LogP contribution in [0.25, 0.3) is 0 Å².